The molecule has 0 aromatic heterocycles. The van der Waals surface area contributed by atoms with E-state index in [1.54, 1.807) is 13.8 Å². The van der Waals surface area contributed by atoms with Crippen LogP contribution < -0.4 is 7.91 Å². The molecule has 0 saturated carbocycles. The molecule has 1 unspecified atom stereocenters. The first-order valence-electron chi connectivity index (χ1n) is 9.20. The van der Waals surface area contributed by atoms with Gasteiger partial charge in [0.15, 0.2) is 0 Å². The van der Waals surface area contributed by atoms with Gasteiger partial charge in [0.05, 0.1) is 0 Å². The molecule has 0 spiro atoms. The van der Waals surface area contributed by atoms with Crippen LogP contribution in [-0.2, 0) is 17.3 Å². The number of benzene rings is 2. The molecule has 0 fully saturated rings. The van der Waals surface area contributed by atoms with Crippen molar-refractivity contribution in [3.8, 4) is 0 Å². The van der Waals surface area contributed by atoms with E-state index in [2.05, 4.69) is 48.6 Å². The van der Waals surface area contributed by atoms with Gasteiger partial charge in [-0.1, -0.05) is 0 Å². The Labute approximate surface area is 167 Å². The Morgan fingerprint density at radius 1 is 0.815 bits per heavy atom. The molecule has 0 N–H and O–H groups in total. The minimum atomic E-state index is -1.76. The number of allylic oxidation sites excluding steroid dienone is 4. The van der Waals surface area contributed by atoms with Crippen molar-refractivity contribution in [1.82, 2.24) is 0 Å². The fourth-order valence-corrected chi connectivity index (χ4v) is 9.87. The molecule has 2 nitrogen and oxygen atoms in total. The summed E-state index contributed by atoms with van der Waals surface area (Å²) in [7, 11) is 0. The van der Waals surface area contributed by atoms with E-state index in [1.165, 1.54) is 20.7 Å². The molecule has 0 heterocycles. The van der Waals surface area contributed by atoms with Crippen molar-refractivity contribution in [2.24, 2.45) is 0 Å². The second-order valence-electron chi connectivity index (χ2n) is 6.53. The number of carbonyl (C=O) groups excluding carboxylic acids is 2. The van der Waals surface area contributed by atoms with Crippen molar-refractivity contribution in [3.05, 3.63) is 84.0 Å². The number of rotatable bonds is 5. The van der Waals surface area contributed by atoms with Gasteiger partial charge in [0, 0.05) is 0 Å². The van der Waals surface area contributed by atoms with E-state index < -0.39 is 17.3 Å². The summed E-state index contributed by atoms with van der Waals surface area (Å²) < 4.78 is 3.26. The predicted molar refractivity (Wildman–Crippen MR) is 108 cm³/mol. The van der Waals surface area contributed by atoms with Crippen LogP contribution in [0.5, 0.6) is 0 Å². The molecule has 2 aromatic carbocycles. The van der Waals surface area contributed by atoms with Gasteiger partial charge in [-0.25, -0.2) is 0 Å². The average Bonchev–Trinajstić information content (AvgIpc) is 2.64. The van der Waals surface area contributed by atoms with Gasteiger partial charge >= 0.3 is 168 Å². The molecule has 1 aliphatic carbocycles. The van der Waals surface area contributed by atoms with Crippen LogP contribution in [0.15, 0.2) is 72.8 Å². The van der Waals surface area contributed by atoms with Gasteiger partial charge in [-0.2, -0.15) is 0 Å². The van der Waals surface area contributed by atoms with Crippen LogP contribution in [0.2, 0.25) is 4.31 Å². The number of Topliss-reactive ketones (excluding diaryl/α,β-unsaturated/α-hetero) is 2. The molecule has 0 saturated heterocycles. The van der Waals surface area contributed by atoms with Crippen LogP contribution in [0.1, 0.15) is 53.8 Å². The van der Waals surface area contributed by atoms with Crippen LogP contribution in [0.25, 0.3) is 0 Å². The quantitative estimate of drug-likeness (QED) is 0.514. The van der Waals surface area contributed by atoms with E-state index >= 15 is 0 Å². The summed E-state index contributed by atoms with van der Waals surface area (Å²) in [5, 5.41) is 0. The molecule has 2 aromatic rings. The zero-order chi connectivity index (χ0) is 19.2. The molecule has 0 amide bonds. The Kier molecular flexibility index (Phi) is 6.74. The Hall–Kier alpha value is -2.05. The second-order valence-corrected chi connectivity index (χ2v) is 12.7. The van der Waals surface area contributed by atoms with Gasteiger partial charge in [-0.05, 0) is 0 Å². The Morgan fingerprint density at radius 2 is 1.33 bits per heavy atom. The summed E-state index contributed by atoms with van der Waals surface area (Å²) in [4.78, 5) is 23.3. The molecular weight excluding hydrogens is 515 g/mol. The van der Waals surface area contributed by atoms with Crippen LogP contribution >= 0.6 is 0 Å². The summed E-state index contributed by atoms with van der Waals surface area (Å²) in [5.41, 5.74) is 1.52. The topological polar surface area (TPSA) is 34.1 Å². The van der Waals surface area contributed by atoms with Crippen molar-refractivity contribution in [3.63, 3.8) is 0 Å². The number of carbonyl (C=O) groups is 2. The van der Waals surface area contributed by atoms with E-state index in [0.717, 1.165) is 17.5 Å². The molecular formula is C24H25O2Pt. The Balaban J connectivity index is 2.02. The summed E-state index contributed by atoms with van der Waals surface area (Å²) >= 11 is -1.76. The normalized spacial score (nSPS) is 17.1. The second kappa shape index (κ2) is 9.24. The molecule has 0 bridgehead atoms. The van der Waals surface area contributed by atoms with Crippen LogP contribution in [-0.4, -0.2) is 11.6 Å². The van der Waals surface area contributed by atoms with Crippen molar-refractivity contribution in [2.45, 2.75) is 37.4 Å². The summed E-state index contributed by atoms with van der Waals surface area (Å²) in [6.45, 7) is 3.21. The maximum absolute atomic E-state index is 11.6. The number of ketones is 2. The van der Waals surface area contributed by atoms with Crippen LogP contribution in [0.4, 0.5) is 0 Å². The Morgan fingerprint density at radius 3 is 1.81 bits per heavy atom. The zero-order valence-corrected chi connectivity index (χ0v) is 18.0. The fourth-order valence-electron chi connectivity index (χ4n) is 2.97. The van der Waals surface area contributed by atoms with Crippen molar-refractivity contribution < 1.29 is 26.9 Å². The summed E-state index contributed by atoms with van der Waals surface area (Å²) in [6.07, 6.45) is 12.4. The van der Waals surface area contributed by atoms with E-state index in [0.29, 0.717) is 4.31 Å². The minimum absolute atomic E-state index is 0.101. The number of hydrogen-bond donors (Lipinski definition) is 0. The molecule has 3 heteroatoms. The van der Waals surface area contributed by atoms with E-state index in [9.17, 15) is 9.59 Å². The first-order valence-corrected chi connectivity index (χ1v) is 12.8. The molecule has 143 valence electrons. The zero-order valence-electron chi connectivity index (χ0n) is 15.8. The third kappa shape index (κ3) is 5.02. The average molecular weight is 541 g/mol. The Bertz CT molecular complexity index is 803. The molecule has 3 rings (SSSR count). The van der Waals surface area contributed by atoms with Gasteiger partial charge in [0.1, 0.15) is 0 Å². The molecule has 0 radical (unpaired) electrons. The van der Waals surface area contributed by atoms with E-state index in [4.69, 9.17) is 0 Å². The molecule has 1 atom stereocenters. The van der Waals surface area contributed by atoms with Crippen molar-refractivity contribution >= 4 is 19.5 Å². The van der Waals surface area contributed by atoms with Gasteiger partial charge in [0.25, 0.3) is 0 Å². The maximum atomic E-state index is 11.6. The van der Waals surface area contributed by atoms with Crippen molar-refractivity contribution in [1.29, 1.82) is 0 Å². The van der Waals surface area contributed by atoms with Gasteiger partial charge in [0.2, 0.25) is 0 Å². The van der Waals surface area contributed by atoms with Gasteiger partial charge < -0.3 is 0 Å². The number of hydrogen-bond acceptors (Lipinski definition) is 2. The van der Waals surface area contributed by atoms with Gasteiger partial charge in [-0.3, -0.25) is 0 Å². The fraction of sp³-hybridized carbons (Fsp3) is 0.250. The summed E-state index contributed by atoms with van der Waals surface area (Å²) in [5.74, 6) is 0.201. The van der Waals surface area contributed by atoms with E-state index in [1.807, 2.05) is 24.3 Å². The van der Waals surface area contributed by atoms with Gasteiger partial charge in [-0.15, -0.1) is 0 Å². The monoisotopic (exact) mass is 540 g/mol. The van der Waals surface area contributed by atoms with Crippen molar-refractivity contribution in [2.75, 3.05) is 0 Å². The SMILES string of the molecule is CC(=O)c1cc[c]([Pt]([c]2ccc(C(C)=O)cc2)[CH]2C=CC=CCCC2)cc1. The summed E-state index contributed by atoms with van der Waals surface area (Å²) in [6, 6.07) is 16.4. The first kappa shape index (κ1) is 19.7. The third-order valence-corrected chi connectivity index (χ3v) is 11.6. The van der Waals surface area contributed by atoms with E-state index in [-0.39, 0.29) is 11.6 Å². The standard InChI is InChI=1S/2C8H7O.C8H11.Pt/c2*1-7(9)8-5-3-2-4-6-8;1-2-4-6-8-7-5-3-1;/h2*3-6H,1H3;1-5H,6-8H2;. The van der Waals surface area contributed by atoms with Crippen LogP contribution in [0, 0.1) is 0 Å². The molecule has 1 aliphatic rings. The van der Waals surface area contributed by atoms with Crippen LogP contribution in [0.3, 0.4) is 0 Å². The predicted octanol–water partition coefficient (Wildman–Crippen LogP) is 4.75. The third-order valence-electron chi connectivity index (χ3n) is 4.48. The first-order chi connectivity index (χ1) is 13.1. The molecule has 0 aliphatic heterocycles. The molecule has 27 heavy (non-hydrogen) atoms.